The van der Waals surface area contributed by atoms with Crippen LogP contribution < -0.4 is 14.9 Å². The number of rotatable bonds is 9. The molecule has 0 aliphatic carbocycles. The van der Waals surface area contributed by atoms with Gasteiger partial charge in [-0.05, 0) is 70.0 Å². The molecule has 1 heterocycles. The maximum Gasteiger partial charge on any atom is 0.250 e. The number of carbonyl (C=O) groups is 1. The number of nitrogens with one attached hydrogen (secondary N) is 1. The quantitative estimate of drug-likeness (QED) is 0.172. The average Bonchev–Trinajstić information content (AvgIpc) is 3.34. The first-order valence-electron chi connectivity index (χ1n) is 10.7. The van der Waals surface area contributed by atoms with E-state index in [0.29, 0.717) is 26.8 Å². The third kappa shape index (κ3) is 5.86. The van der Waals surface area contributed by atoms with Crippen molar-refractivity contribution in [2.75, 3.05) is 20.0 Å². The first-order valence-corrected chi connectivity index (χ1v) is 12.4. The molecule has 11 heteroatoms. The number of hydrazone groups is 1. The zero-order valence-electron chi connectivity index (χ0n) is 19.4. The molecule has 9 nitrogen and oxygen atoms in total. The van der Waals surface area contributed by atoms with Crippen LogP contribution in [0.3, 0.4) is 0 Å². The van der Waals surface area contributed by atoms with E-state index in [2.05, 4.69) is 36.7 Å². The molecule has 0 saturated carbocycles. The summed E-state index contributed by atoms with van der Waals surface area (Å²) in [7, 11) is 3.07. The van der Waals surface area contributed by atoms with Gasteiger partial charge in [-0.1, -0.05) is 30.0 Å². The number of para-hydroxylation sites is 1. The van der Waals surface area contributed by atoms with E-state index in [0.717, 1.165) is 17.0 Å². The van der Waals surface area contributed by atoms with Crippen molar-refractivity contribution in [3.8, 4) is 34.3 Å². The summed E-state index contributed by atoms with van der Waals surface area (Å²) < 4.78 is 12.7. The topological polar surface area (TPSA) is 111 Å². The Morgan fingerprint density at radius 2 is 1.86 bits per heavy atom. The van der Waals surface area contributed by atoms with Gasteiger partial charge in [0.05, 0.1) is 30.7 Å². The predicted molar refractivity (Wildman–Crippen MR) is 142 cm³/mol. The van der Waals surface area contributed by atoms with Crippen LogP contribution in [0.1, 0.15) is 5.56 Å². The number of hydrogen-bond acceptors (Lipinski definition) is 8. The molecule has 4 aromatic rings. The molecule has 1 amide bonds. The van der Waals surface area contributed by atoms with Gasteiger partial charge < -0.3 is 14.6 Å². The first kappa shape index (κ1) is 25.3. The number of ether oxygens (including phenoxy) is 2. The predicted octanol–water partition coefficient (Wildman–Crippen LogP) is 4.66. The number of nitrogens with zero attached hydrogens (tertiary/aromatic N) is 4. The molecule has 0 unspecified atom stereocenters. The average molecular weight is 568 g/mol. The number of phenolic OH excluding ortho intramolecular Hbond substituents is 1. The van der Waals surface area contributed by atoms with Crippen molar-refractivity contribution < 1.29 is 19.4 Å². The zero-order valence-corrected chi connectivity index (χ0v) is 21.8. The SMILES string of the molecule is COc1ccc(-c2nnc(SCC(=O)N/N=C/c3cc(Br)c(O)c(OC)c3)n2-c2ccccc2)cc1. The second-order valence-corrected chi connectivity index (χ2v) is 9.14. The lowest BCUT2D eigenvalue weighted by atomic mass is 10.2. The van der Waals surface area contributed by atoms with Gasteiger partial charge in [-0.15, -0.1) is 10.2 Å². The molecule has 0 aliphatic rings. The molecule has 0 spiro atoms. The smallest absolute Gasteiger partial charge is 0.250 e. The molecule has 4 rings (SSSR count). The molecule has 184 valence electrons. The van der Waals surface area contributed by atoms with Gasteiger partial charge in [0.15, 0.2) is 22.5 Å². The van der Waals surface area contributed by atoms with E-state index in [4.69, 9.17) is 9.47 Å². The molecular weight excluding hydrogens is 546 g/mol. The monoisotopic (exact) mass is 567 g/mol. The Morgan fingerprint density at radius 1 is 1.11 bits per heavy atom. The third-order valence-electron chi connectivity index (χ3n) is 5.00. The van der Waals surface area contributed by atoms with Gasteiger partial charge >= 0.3 is 0 Å². The molecule has 0 aliphatic heterocycles. The van der Waals surface area contributed by atoms with Crippen LogP contribution in [-0.2, 0) is 4.79 Å². The summed E-state index contributed by atoms with van der Waals surface area (Å²) in [6, 6.07) is 20.5. The second kappa shape index (κ2) is 11.7. The van der Waals surface area contributed by atoms with Crippen LogP contribution in [0.5, 0.6) is 17.2 Å². The fourth-order valence-corrected chi connectivity index (χ4v) is 4.47. The number of methoxy groups -OCH3 is 2. The summed E-state index contributed by atoms with van der Waals surface area (Å²) in [5.41, 5.74) is 4.88. The summed E-state index contributed by atoms with van der Waals surface area (Å²) >= 11 is 4.51. The summed E-state index contributed by atoms with van der Waals surface area (Å²) in [5, 5.41) is 23.2. The number of benzene rings is 3. The van der Waals surface area contributed by atoms with Crippen molar-refractivity contribution in [2.24, 2.45) is 5.10 Å². The van der Waals surface area contributed by atoms with Gasteiger partial charge in [-0.2, -0.15) is 5.10 Å². The number of hydrogen-bond donors (Lipinski definition) is 2. The van der Waals surface area contributed by atoms with Gasteiger partial charge in [-0.3, -0.25) is 9.36 Å². The number of phenols is 1. The molecule has 0 atom stereocenters. The Kier molecular flexibility index (Phi) is 8.24. The van der Waals surface area contributed by atoms with Crippen molar-refractivity contribution in [3.63, 3.8) is 0 Å². The van der Waals surface area contributed by atoms with Crippen LogP contribution in [0.4, 0.5) is 0 Å². The Labute approximate surface area is 220 Å². The number of amides is 1. The van der Waals surface area contributed by atoms with E-state index in [1.54, 1.807) is 19.2 Å². The highest BCUT2D eigenvalue weighted by atomic mass is 79.9. The normalized spacial score (nSPS) is 11.0. The molecule has 0 bridgehead atoms. The minimum atomic E-state index is -0.310. The zero-order chi connectivity index (χ0) is 25.5. The molecular formula is C25H22BrN5O4S. The highest BCUT2D eigenvalue weighted by molar-refractivity contribution is 9.10. The number of carbonyl (C=O) groups excluding carboxylic acids is 1. The fourth-order valence-electron chi connectivity index (χ4n) is 3.27. The third-order valence-corrected chi connectivity index (χ3v) is 6.54. The van der Waals surface area contributed by atoms with Crippen LogP contribution >= 0.6 is 27.7 Å². The van der Waals surface area contributed by atoms with Gasteiger partial charge in [0.25, 0.3) is 5.91 Å². The second-order valence-electron chi connectivity index (χ2n) is 7.34. The van der Waals surface area contributed by atoms with Gasteiger partial charge in [0.1, 0.15) is 5.75 Å². The van der Waals surface area contributed by atoms with E-state index < -0.39 is 0 Å². The number of halogens is 1. The Hall–Kier alpha value is -3.83. The van der Waals surface area contributed by atoms with Crippen LogP contribution in [-0.4, -0.2) is 52.0 Å². The Balaban J connectivity index is 1.48. The van der Waals surface area contributed by atoms with Crippen molar-refractivity contribution in [2.45, 2.75) is 5.16 Å². The molecule has 0 radical (unpaired) electrons. The number of thioether (sulfide) groups is 1. The Morgan fingerprint density at radius 3 is 2.56 bits per heavy atom. The minimum absolute atomic E-state index is 0.00776. The summed E-state index contributed by atoms with van der Waals surface area (Å²) in [5.74, 6) is 1.45. The van der Waals surface area contributed by atoms with Gasteiger partial charge in [-0.25, -0.2) is 5.43 Å². The number of aromatic hydroxyl groups is 1. The molecule has 2 N–H and O–H groups in total. The first-order chi connectivity index (χ1) is 17.5. The van der Waals surface area contributed by atoms with Crippen LogP contribution in [0, 0.1) is 0 Å². The molecule has 36 heavy (non-hydrogen) atoms. The van der Waals surface area contributed by atoms with Crippen molar-refractivity contribution in [1.29, 1.82) is 0 Å². The van der Waals surface area contributed by atoms with Gasteiger partial charge in [0, 0.05) is 11.3 Å². The van der Waals surface area contributed by atoms with Gasteiger partial charge in [0.2, 0.25) is 0 Å². The molecule has 3 aromatic carbocycles. The molecule has 1 aromatic heterocycles. The fraction of sp³-hybridized carbons (Fsp3) is 0.120. The highest BCUT2D eigenvalue weighted by Gasteiger charge is 2.17. The molecule has 0 fully saturated rings. The van der Waals surface area contributed by atoms with E-state index in [1.807, 2.05) is 59.2 Å². The maximum atomic E-state index is 12.5. The van der Waals surface area contributed by atoms with Crippen LogP contribution in [0.25, 0.3) is 17.1 Å². The lowest BCUT2D eigenvalue weighted by Gasteiger charge is -2.10. The summed E-state index contributed by atoms with van der Waals surface area (Å²) in [6.07, 6.45) is 1.46. The standard InChI is InChI=1S/C25H22BrN5O4S/c1-34-19-10-8-17(9-11-19)24-29-30-25(31(24)18-6-4-3-5-7-18)36-15-22(32)28-27-14-16-12-20(26)23(33)21(13-16)35-2/h3-14,33H,15H2,1-2H3,(H,28,32)/b27-14+. The molecule has 0 saturated heterocycles. The van der Waals surface area contributed by atoms with Crippen LogP contribution in [0.15, 0.2) is 81.5 Å². The highest BCUT2D eigenvalue weighted by Crippen LogP contribution is 2.34. The lowest BCUT2D eigenvalue weighted by molar-refractivity contribution is -0.118. The van der Waals surface area contributed by atoms with Crippen molar-refractivity contribution in [3.05, 3.63) is 76.8 Å². The maximum absolute atomic E-state index is 12.5. The summed E-state index contributed by atoms with van der Waals surface area (Å²) in [4.78, 5) is 12.5. The van der Waals surface area contributed by atoms with E-state index >= 15 is 0 Å². The summed E-state index contributed by atoms with van der Waals surface area (Å²) in [6.45, 7) is 0. The van der Waals surface area contributed by atoms with Crippen LogP contribution in [0.2, 0.25) is 0 Å². The largest absolute Gasteiger partial charge is 0.503 e. The van der Waals surface area contributed by atoms with E-state index in [9.17, 15) is 9.90 Å². The van der Waals surface area contributed by atoms with Crippen molar-refractivity contribution in [1.82, 2.24) is 20.2 Å². The van der Waals surface area contributed by atoms with E-state index in [1.165, 1.54) is 25.1 Å². The van der Waals surface area contributed by atoms with E-state index in [-0.39, 0.29) is 17.4 Å². The minimum Gasteiger partial charge on any atom is -0.503 e. The number of aromatic nitrogens is 3. The van der Waals surface area contributed by atoms with Crippen molar-refractivity contribution >= 4 is 39.8 Å². The lowest BCUT2D eigenvalue weighted by Crippen LogP contribution is -2.20. The Bertz CT molecular complexity index is 1380.